The van der Waals surface area contributed by atoms with Gasteiger partial charge >= 0.3 is 6.41 Å². The number of anilines is 1. The number of hydrogen-bond donors (Lipinski definition) is 1. The summed E-state index contributed by atoms with van der Waals surface area (Å²) in [5.74, 6) is 0.855. The Morgan fingerprint density at radius 3 is 2.85 bits per heavy atom. The Kier molecular flexibility index (Phi) is 1.78. The quantitative estimate of drug-likeness (QED) is 0.738. The molecule has 1 aliphatic heterocycles. The van der Waals surface area contributed by atoms with Gasteiger partial charge in [0.15, 0.2) is 5.75 Å². The molecule has 0 spiro atoms. The van der Waals surface area contributed by atoms with Crippen molar-refractivity contribution in [3.8, 4) is 11.7 Å². The van der Waals surface area contributed by atoms with E-state index in [1.165, 1.54) is 20.3 Å². The number of ether oxygens (including phenoxy) is 3. The normalized spacial score (nSPS) is 19.9. The Bertz CT molecular complexity index is 310. The maximum atomic E-state index is 9.38. The molecule has 0 saturated carbocycles. The topological polar surface area (TPSA) is 64.3 Å². The zero-order valence-electron chi connectivity index (χ0n) is 7.18. The molecule has 6 nitrogen and oxygen atoms in total. The predicted octanol–water partition coefficient (Wildman–Crippen LogP) is 0.806. The molecule has 72 valence electrons. The molecular weight excluding hydrogens is 178 g/mol. The van der Waals surface area contributed by atoms with E-state index in [9.17, 15) is 5.21 Å². The summed E-state index contributed by atoms with van der Waals surface area (Å²) >= 11 is 0. The SMILES string of the molecule is COc1cc2c(o1)N(O)C(OC)O2. The van der Waals surface area contributed by atoms with Gasteiger partial charge in [-0.15, -0.1) is 0 Å². The molecule has 13 heavy (non-hydrogen) atoms. The number of nitrogens with zero attached hydrogens (tertiary/aromatic N) is 1. The van der Waals surface area contributed by atoms with Gasteiger partial charge in [-0.05, 0) is 0 Å². The molecule has 1 unspecified atom stereocenters. The standard InChI is InChI=1S/C7H9NO5/c1-10-5-3-4-6(13-5)8(9)7(11-2)12-4/h3,7,9H,1-2H3. The monoisotopic (exact) mass is 187 g/mol. The molecule has 0 aliphatic carbocycles. The molecule has 2 rings (SSSR count). The first-order chi connectivity index (χ1) is 6.26. The van der Waals surface area contributed by atoms with E-state index >= 15 is 0 Å². The van der Waals surface area contributed by atoms with Gasteiger partial charge in [0.05, 0.1) is 13.2 Å². The third-order valence-electron chi connectivity index (χ3n) is 1.70. The molecule has 0 bridgehead atoms. The smallest absolute Gasteiger partial charge is 0.309 e. The Labute approximate surface area is 74.2 Å². The number of methoxy groups -OCH3 is 2. The van der Waals surface area contributed by atoms with Crippen LogP contribution in [0, 0.1) is 0 Å². The highest BCUT2D eigenvalue weighted by atomic mass is 16.8. The average Bonchev–Trinajstić information content (AvgIpc) is 2.65. The molecule has 1 aliphatic rings. The van der Waals surface area contributed by atoms with Gasteiger partial charge in [-0.25, -0.2) is 0 Å². The number of fused-ring (bicyclic) bond motifs is 1. The summed E-state index contributed by atoms with van der Waals surface area (Å²) in [7, 11) is 2.88. The summed E-state index contributed by atoms with van der Waals surface area (Å²) < 4.78 is 19.8. The number of hydroxylamine groups is 1. The van der Waals surface area contributed by atoms with Gasteiger partial charge < -0.3 is 18.6 Å². The second-order valence-electron chi connectivity index (χ2n) is 2.44. The first kappa shape index (κ1) is 8.21. The van der Waals surface area contributed by atoms with Crippen LogP contribution >= 0.6 is 0 Å². The Balaban J connectivity index is 2.27. The minimum atomic E-state index is -0.848. The van der Waals surface area contributed by atoms with Gasteiger partial charge in [-0.2, -0.15) is 5.06 Å². The van der Waals surface area contributed by atoms with Crippen LogP contribution in [-0.2, 0) is 4.74 Å². The maximum Gasteiger partial charge on any atom is 0.309 e. The van der Waals surface area contributed by atoms with Crippen LogP contribution in [0.4, 0.5) is 5.88 Å². The van der Waals surface area contributed by atoms with E-state index in [2.05, 4.69) is 0 Å². The van der Waals surface area contributed by atoms with E-state index in [4.69, 9.17) is 18.6 Å². The van der Waals surface area contributed by atoms with Crippen molar-refractivity contribution in [2.45, 2.75) is 6.41 Å². The van der Waals surface area contributed by atoms with Crippen molar-refractivity contribution in [1.29, 1.82) is 0 Å². The molecule has 1 N–H and O–H groups in total. The van der Waals surface area contributed by atoms with Crippen molar-refractivity contribution in [1.82, 2.24) is 0 Å². The van der Waals surface area contributed by atoms with Gasteiger partial charge in [-0.1, -0.05) is 0 Å². The van der Waals surface area contributed by atoms with E-state index in [0.717, 1.165) is 5.06 Å². The van der Waals surface area contributed by atoms with Gasteiger partial charge in [-0.3, -0.25) is 5.21 Å². The summed E-state index contributed by atoms with van der Waals surface area (Å²) in [5, 5.41) is 10.1. The van der Waals surface area contributed by atoms with Crippen molar-refractivity contribution >= 4 is 5.88 Å². The van der Waals surface area contributed by atoms with Crippen LogP contribution in [0.2, 0.25) is 0 Å². The fraction of sp³-hybridized carbons (Fsp3) is 0.429. The first-order valence-corrected chi connectivity index (χ1v) is 3.61. The Morgan fingerprint density at radius 2 is 2.31 bits per heavy atom. The van der Waals surface area contributed by atoms with E-state index in [-0.39, 0.29) is 11.8 Å². The molecule has 1 atom stereocenters. The van der Waals surface area contributed by atoms with Crippen molar-refractivity contribution in [3.63, 3.8) is 0 Å². The maximum absolute atomic E-state index is 9.38. The van der Waals surface area contributed by atoms with Crippen LogP contribution in [0.25, 0.3) is 0 Å². The van der Waals surface area contributed by atoms with Crippen LogP contribution in [0.3, 0.4) is 0 Å². The summed E-state index contributed by atoms with van der Waals surface area (Å²) in [6.45, 7) is 0. The molecule has 1 aromatic rings. The van der Waals surface area contributed by atoms with Crippen LogP contribution in [0.15, 0.2) is 10.5 Å². The van der Waals surface area contributed by atoms with Crippen molar-refractivity contribution in [2.75, 3.05) is 19.3 Å². The molecule has 1 aromatic heterocycles. The van der Waals surface area contributed by atoms with Gasteiger partial charge in [0, 0.05) is 7.11 Å². The minimum absolute atomic E-state index is 0.184. The van der Waals surface area contributed by atoms with Gasteiger partial charge in [0.25, 0.3) is 11.8 Å². The number of rotatable bonds is 2. The van der Waals surface area contributed by atoms with Crippen molar-refractivity contribution in [2.24, 2.45) is 0 Å². The fourth-order valence-corrected chi connectivity index (χ4v) is 1.09. The van der Waals surface area contributed by atoms with E-state index in [0.29, 0.717) is 5.75 Å². The summed E-state index contributed by atoms with van der Waals surface area (Å²) in [6, 6.07) is 1.53. The van der Waals surface area contributed by atoms with Crippen molar-refractivity contribution in [3.05, 3.63) is 6.07 Å². The summed E-state index contributed by atoms with van der Waals surface area (Å²) in [5.41, 5.74) is 0. The van der Waals surface area contributed by atoms with Crippen LogP contribution < -0.4 is 14.5 Å². The highest BCUT2D eigenvalue weighted by molar-refractivity contribution is 5.54. The van der Waals surface area contributed by atoms with Crippen LogP contribution in [-0.4, -0.2) is 25.8 Å². The third kappa shape index (κ3) is 1.11. The highest BCUT2D eigenvalue weighted by Crippen LogP contribution is 2.41. The lowest BCUT2D eigenvalue weighted by Crippen LogP contribution is -2.33. The van der Waals surface area contributed by atoms with Gasteiger partial charge in [0.2, 0.25) is 0 Å². The van der Waals surface area contributed by atoms with E-state index in [1.54, 1.807) is 0 Å². The van der Waals surface area contributed by atoms with E-state index in [1.807, 2.05) is 0 Å². The molecule has 0 fully saturated rings. The van der Waals surface area contributed by atoms with Crippen LogP contribution in [0.1, 0.15) is 0 Å². The van der Waals surface area contributed by atoms with E-state index < -0.39 is 6.41 Å². The zero-order chi connectivity index (χ0) is 9.42. The largest absolute Gasteiger partial charge is 0.468 e. The second-order valence-corrected chi connectivity index (χ2v) is 2.44. The van der Waals surface area contributed by atoms with Gasteiger partial charge in [0.1, 0.15) is 0 Å². The molecule has 0 radical (unpaired) electrons. The molecule has 2 heterocycles. The highest BCUT2D eigenvalue weighted by Gasteiger charge is 2.34. The Morgan fingerprint density at radius 1 is 1.54 bits per heavy atom. The minimum Gasteiger partial charge on any atom is -0.468 e. The number of hydrogen-bond acceptors (Lipinski definition) is 6. The van der Waals surface area contributed by atoms with Crippen molar-refractivity contribution < 1.29 is 23.8 Å². The number of furan rings is 1. The first-order valence-electron chi connectivity index (χ1n) is 3.61. The Hall–Kier alpha value is -1.40. The van der Waals surface area contributed by atoms with Crippen LogP contribution in [0.5, 0.6) is 11.7 Å². The molecule has 0 amide bonds. The molecule has 0 aromatic carbocycles. The molecular formula is C7H9NO5. The molecule has 6 heteroatoms. The summed E-state index contributed by atoms with van der Waals surface area (Å²) in [6.07, 6.45) is -0.848. The second kappa shape index (κ2) is 2.82. The summed E-state index contributed by atoms with van der Waals surface area (Å²) in [4.78, 5) is 0. The predicted molar refractivity (Wildman–Crippen MR) is 41.0 cm³/mol. The molecule has 0 saturated heterocycles. The fourth-order valence-electron chi connectivity index (χ4n) is 1.09. The zero-order valence-corrected chi connectivity index (χ0v) is 7.18. The lowest BCUT2D eigenvalue weighted by atomic mass is 10.5. The lowest BCUT2D eigenvalue weighted by Gasteiger charge is -2.14. The lowest BCUT2D eigenvalue weighted by molar-refractivity contribution is -0.0860. The third-order valence-corrected chi connectivity index (χ3v) is 1.70. The average molecular weight is 187 g/mol.